The third-order valence-corrected chi connectivity index (χ3v) is 4.00. The predicted molar refractivity (Wildman–Crippen MR) is 89.3 cm³/mol. The molecule has 1 aromatic rings. The van der Waals surface area contributed by atoms with Crippen LogP contribution in [0.1, 0.15) is 35.2 Å². The molecule has 3 N–H and O–H groups in total. The zero-order valence-corrected chi connectivity index (χ0v) is 14.4. The molecule has 0 aromatic heterocycles. The summed E-state index contributed by atoms with van der Waals surface area (Å²) in [5.74, 6) is -2.98. The first-order valence-corrected chi connectivity index (χ1v) is 8.18. The molecule has 0 aliphatic rings. The number of amides is 1. The van der Waals surface area contributed by atoms with Crippen LogP contribution in [-0.4, -0.2) is 45.2 Å². The highest BCUT2D eigenvalue weighted by Crippen LogP contribution is 2.11. The number of halogens is 1. The molecule has 1 unspecified atom stereocenters. The highest BCUT2D eigenvalue weighted by Gasteiger charge is 2.21. The van der Waals surface area contributed by atoms with Crippen LogP contribution in [0, 0.1) is 0 Å². The van der Waals surface area contributed by atoms with E-state index in [1.165, 1.54) is 0 Å². The van der Waals surface area contributed by atoms with Crippen LogP contribution in [0.4, 0.5) is 0 Å². The first-order chi connectivity index (χ1) is 11.3. The number of aldehydes is 1. The SMILES string of the molecule is O=CC(Br)CCc1ccc(C(=O)N[C@@H](CCC(=O)O)C(=O)O)cc1. The number of carboxylic acid groups (broad SMARTS) is 2. The lowest BCUT2D eigenvalue weighted by atomic mass is 10.1. The van der Waals surface area contributed by atoms with Gasteiger partial charge in [-0.25, -0.2) is 4.79 Å². The minimum absolute atomic E-state index is 0.188. The van der Waals surface area contributed by atoms with E-state index in [-0.39, 0.29) is 23.2 Å². The summed E-state index contributed by atoms with van der Waals surface area (Å²) in [4.78, 5) is 44.0. The van der Waals surface area contributed by atoms with Crippen molar-refractivity contribution in [2.24, 2.45) is 0 Å². The molecule has 0 fully saturated rings. The monoisotopic (exact) mass is 399 g/mol. The van der Waals surface area contributed by atoms with E-state index in [4.69, 9.17) is 10.2 Å². The number of nitrogens with one attached hydrogen (secondary N) is 1. The Balaban J connectivity index is 2.64. The number of benzene rings is 1. The Kier molecular flexibility index (Phi) is 8.11. The highest BCUT2D eigenvalue weighted by molar-refractivity contribution is 9.09. The third kappa shape index (κ3) is 6.91. The van der Waals surface area contributed by atoms with Gasteiger partial charge in [-0.3, -0.25) is 9.59 Å². The first kappa shape index (κ1) is 19.8. The molecule has 8 heteroatoms. The second-order valence-electron chi connectivity index (χ2n) is 5.18. The van der Waals surface area contributed by atoms with Gasteiger partial charge in [0.1, 0.15) is 12.3 Å². The molecule has 130 valence electrons. The van der Waals surface area contributed by atoms with Crippen LogP contribution in [0.2, 0.25) is 0 Å². The minimum Gasteiger partial charge on any atom is -0.481 e. The number of hydrogen-bond donors (Lipinski definition) is 3. The second kappa shape index (κ2) is 9.82. The Morgan fingerprint density at radius 2 is 1.75 bits per heavy atom. The number of aryl methyl sites for hydroxylation is 1. The summed E-state index contributed by atoms with van der Waals surface area (Å²) in [6.45, 7) is 0. The Morgan fingerprint density at radius 1 is 1.12 bits per heavy atom. The van der Waals surface area contributed by atoms with Gasteiger partial charge in [-0.15, -0.1) is 0 Å². The number of carbonyl (C=O) groups is 4. The summed E-state index contributed by atoms with van der Waals surface area (Å²) in [5, 5.41) is 19.9. The smallest absolute Gasteiger partial charge is 0.326 e. The lowest BCUT2D eigenvalue weighted by Crippen LogP contribution is -2.41. The fourth-order valence-electron chi connectivity index (χ4n) is 1.96. The average molecular weight is 400 g/mol. The zero-order chi connectivity index (χ0) is 18.1. The van der Waals surface area contributed by atoms with Crippen molar-refractivity contribution in [1.29, 1.82) is 0 Å². The maximum absolute atomic E-state index is 12.1. The summed E-state index contributed by atoms with van der Waals surface area (Å²) in [6.07, 6.45) is 1.57. The summed E-state index contributed by atoms with van der Waals surface area (Å²) in [5.41, 5.74) is 1.23. The normalized spacial score (nSPS) is 12.9. The van der Waals surface area contributed by atoms with Gasteiger partial charge in [0.2, 0.25) is 0 Å². The van der Waals surface area contributed by atoms with Crippen LogP contribution in [-0.2, 0) is 20.8 Å². The van der Waals surface area contributed by atoms with Gasteiger partial charge in [-0.05, 0) is 37.0 Å². The minimum atomic E-state index is -1.28. The topological polar surface area (TPSA) is 121 Å². The molecule has 0 saturated carbocycles. The molecule has 2 atom stereocenters. The fraction of sp³-hybridized carbons (Fsp3) is 0.375. The largest absolute Gasteiger partial charge is 0.481 e. The van der Waals surface area contributed by atoms with E-state index < -0.39 is 23.9 Å². The van der Waals surface area contributed by atoms with Gasteiger partial charge in [-0.2, -0.15) is 0 Å². The molecular weight excluding hydrogens is 382 g/mol. The molecule has 0 aliphatic carbocycles. The lowest BCUT2D eigenvalue weighted by Gasteiger charge is -2.13. The number of carbonyl (C=O) groups excluding carboxylic acids is 2. The van der Waals surface area contributed by atoms with Crippen LogP contribution in [0.25, 0.3) is 0 Å². The number of aliphatic carboxylic acids is 2. The molecule has 0 bridgehead atoms. The van der Waals surface area contributed by atoms with Gasteiger partial charge in [0.05, 0.1) is 4.83 Å². The molecule has 0 aliphatic heterocycles. The maximum atomic E-state index is 12.1. The Bertz CT molecular complexity index is 601. The van der Waals surface area contributed by atoms with E-state index in [9.17, 15) is 19.2 Å². The van der Waals surface area contributed by atoms with E-state index >= 15 is 0 Å². The standard InChI is InChI=1S/C16H18BrNO6/c17-12(9-19)6-3-10-1-4-11(5-2-10)15(22)18-13(16(23)24)7-8-14(20)21/h1-2,4-5,9,12-13H,3,6-8H2,(H,18,22)(H,20,21)(H,23,24)/t12?,13-/m0/s1. The Hall–Kier alpha value is -2.22. The number of alkyl halides is 1. The molecular formula is C16H18BrNO6. The van der Waals surface area contributed by atoms with Gasteiger partial charge in [0.25, 0.3) is 5.91 Å². The van der Waals surface area contributed by atoms with E-state index in [1.807, 2.05) is 0 Å². The van der Waals surface area contributed by atoms with E-state index in [1.54, 1.807) is 24.3 Å². The van der Waals surface area contributed by atoms with Crippen LogP contribution in [0.5, 0.6) is 0 Å². The van der Waals surface area contributed by atoms with Gasteiger partial charge in [0, 0.05) is 12.0 Å². The van der Waals surface area contributed by atoms with Crippen molar-refractivity contribution >= 4 is 40.1 Å². The van der Waals surface area contributed by atoms with Crippen molar-refractivity contribution in [2.75, 3.05) is 0 Å². The molecule has 1 rings (SSSR count). The molecule has 0 saturated heterocycles. The van der Waals surface area contributed by atoms with E-state index in [0.29, 0.717) is 12.8 Å². The van der Waals surface area contributed by atoms with Crippen molar-refractivity contribution in [3.8, 4) is 0 Å². The summed E-state index contributed by atoms with van der Waals surface area (Å²) < 4.78 is 0. The number of rotatable bonds is 10. The van der Waals surface area contributed by atoms with Gasteiger partial charge < -0.3 is 20.3 Å². The Labute approximate surface area is 147 Å². The quantitative estimate of drug-likeness (QED) is 0.406. The van der Waals surface area contributed by atoms with Crippen LogP contribution in [0.15, 0.2) is 24.3 Å². The first-order valence-electron chi connectivity index (χ1n) is 7.27. The number of carboxylic acids is 2. The van der Waals surface area contributed by atoms with Gasteiger partial charge >= 0.3 is 11.9 Å². The fourth-order valence-corrected chi connectivity index (χ4v) is 2.19. The van der Waals surface area contributed by atoms with Crippen LogP contribution >= 0.6 is 15.9 Å². The summed E-state index contributed by atoms with van der Waals surface area (Å²) in [7, 11) is 0. The van der Waals surface area contributed by atoms with Crippen LogP contribution in [0.3, 0.4) is 0 Å². The molecule has 7 nitrogen and oxygen atoms in total. The Morgan fingerprint density at radius 3 is 2.25 bits per heavy atom. The van der Waals surface area contributed by atoms with Crippen molar-refractivity contribution in [2.45, 2.75) is 36.6 Å². The lowest BCUT2D eigenvalue weighted by molar-refractivity contribution is -0.140. The summed E-state index contributed by atoms with van der Waals surface area (Å²) in [6, 6.07) is 5.32. The molecule has 0 spiro atoms. The predicted octanol–water partition coefficient (Wildman–Crippen LogP) is 1.63. The second-order valence-corrected chi connectivity index (χ2v) is 6.36. The number of hydrogen-bond acceptors (Lipinski definition) is 4. The van der Waals surface area contributed by atoms with Gasteiger partial charge in [-0.1, -0.05) is 28.1 Å². The van der Waals surface area contributed by atoms with E-state index in [2.05, 4.69) is 21.2 Å². The van der Waals surface area contributed by atoms with Crippen molar-refractivity contribution in [1.82, 2.24) is 5.32 Å². The molecule has 0 radical (unpaired) electrons. The molecule has 0 heterocycles. The molecule has 1 aromatic carbocycles. The maximum Gasteiger partial charge on any atom is 0.326 e. The van der Waals surface area contributed by atoms with Gasteiger partial charge in [0.15, 0.2) is 0 Å². The van der Waals surface area contributed by atoms with Crippen LogP contribution < -0.4 is 5.32 Å². The van der Waals surface area contributed by atoms with Crippen molar-refractivity contribution in [3.63, 3.8) is 0 Å². The van der Waals surface area contributed by atoms with Crippen molar-refractivity contribution < 1.29 is 29.4 Å². The summed E-state index contributed by atoms with van der Waals surface area (Å²) >= 11 is 3.21. The highest BCUT2D eigenvalue weighted by atomic mass is 79.9. The van der Waals surface area contributed by atoms with E-state index in [0.717, 1.165) is 11.8 Å². The molecule has 24 heavy (non-hydrogen) atoms. The third-order valence-electron chi connectivity index (χ3n) is 3.32. The average Bonchev–Trinajstić information content (AvgIpc) is 2.56. The zero-order valence-electron chi connectivity index (χ0n) is 12.8. The van der Waals surface area contributed by atoms with Crippen molar-refractivity contribution in [3.05, 3.63) is 35.4 Å². The molecule has 1 amide bonds.